The minimum Gasteiger partial charge on any atom is -0.497 e. The van der Waals surface area contributed by atoms with Crippen LogP contribution in [0.5, 0.6) is 5.75 Å². The number of rotatable bonds is 3. The van der Waals surface area contributed by atoms with Crippen LogP contribution in [0.4, 0.5) is 0 Å². The highest BCUT2D eigenvalue weighted by Gasteiger charge is 2.10. The third-order valence-corrected chi connectivity index (χ3v) is 3.52. The molecular formula is C17H18O2. The van der Waals surface area contributed by atoms with Crippen LogP contribution in [0.2, 0.25) is 0 Å². The van der Waals surface area contributed by atoms with Crippen LogP contribution in [0.1, 0.15) is 27.0 Å². The second kappa shape index (κ2) is 5.27. The van der Waals surface area contributed by atoms with Crippen LogP contribution in [0, 0.1) is 20.8 Å². The second-order valence-electron chi connectivity index (χ2n) is 4.82. The van der Waals surface area contributed by atoms with Crippen LogP contribution in [-0.2, 0) is 0 Å². The zero-order valence-electron chi connectivity index (χ0n) is 11.8. The highest BCUT2D eigenvalue weighted by molar-refractivity contribution is 5.89. The van der Waals surface area contributed by atoms with Crippen molar-refractivity contribution < 1.29 is 9.53 Å². The summed E-state index contributed by atoms with van der Waals surface area (Å²) in [6.45, 7) is 6.25. The molecule has 0 aromatic heterocycles. The molecule has 2 aromatic carbocycles. The smallest absolute Gasteiger partial charge is 0.150 e. The maximum absolute atomic E-state index is 11.3. The Balaban J connectivity index is 2.65. The third-order valence-electron chi connectivity index (χ3n) is 3.52. The molecule has 0 fully saturated rings. The van der Waals surface area contributed by atoms with E-state index in [1.54, 1.807) is 13.2 Å². The summed E-state index contributed by atoms with van der Waals surface area (Å²) in [5, 5.41) is 0. The van der Waals surface area contributed by atoms with Gasteiger partial charge in [-0.3, -0.25) is 4.79 Å². The molecular weight excluding hydrogens is 236 g/mol. The van der Waals surface area contributed by atoms with E-state index < -0.39 is 0 Å². The lowest BCUT2D eigenvalue weighted by atomic mass is 9.93. The van der Waals surface area contributed by atoms with Crippen molar-refractivity contribution in [2.45, 2.75) is 20.8 Å². The number of hydrogen-bond donors (Lipinski definition) is 0. The summed E-state index contributed by atoms with van der Waals surface area (Å²) in [4.78, 5) is 11.3. The maximum Gasteiger partial charge on any atom is 0.150 e. The highest BCUT2D eigenvalue weighted by atomic mass is 16.5. The van der Waals surface area contributed by atoms with Crippen molar-refractivity contribution in [2.24, 2.45) is 0 Å². The molecule has 0 aliphatic rings. The van der Waals surface area contributed by atoms with Crippen molar-refractivity contribution in [3.8, 4) is 16.9 Å². The van der Waals surface area contributed by atoms with Gasteiger partial charge in [-0.15, -0.1) is 0 Å². The van der Waals surface area contributed by atoms with E-state index in [1.807, 2.05) is 12.1 Å². The number of methoxy groups -OCH3 is 1. The molecule has 0 saturated heterocycles. The van der Waals surface area contributed by atoms with Crippen molar-refractivity contribution in [1.29, 1.82) is 0 Å². The fourth-order valence-corrected chi connectivity index (χ4v) is 2.26. The molecule has 2 nitrogen and oxygen atoms in total. The summed E-state index contributed by atoms with van der Waals surface area (Å²) in [6.07, 6.45) is 0.881. The summed E-state index contributed by atoms with van der Waals surface area (Å²) >= 11 is 0. The molecule has 0 amide bonds. The molecule has 0 atom stereocenters. The van der Waals surface area contributed by atoms with Crippen molar-refractivity contribution >= 4 is 6.29 Å². The predicted octanol–water partition coefficient (Wildman–Crippen LogP) is 4.10. The van der Waals surface area contributed by atoms with Gasteiger partial charge < -0.3 is 4.74 Å². The SMILES string of the molecule is COc1ccc(-c2cc(C)c(C)cc2C)c(C=O)c1. The first-order valence-electron chi connectivity index (χ1n) is 6.28. The van der Waals surface area contributed by atoms with E-state index in [2.05, 4.69) is 32.9 Å². The van der Waals surface area contributed by atoms with Gasteiger partial charge in [-0.05, 0) is 66.8 Å². The van der Waals surface area contributed by atoms with Gasteiger partial charge >= 0.3 is 0 Å². The molecule has 0 radical (unpaired) electrons. The van der Waals surface area contributed by atoms with E-state index in [9.17, 15) is 4.79 Å². The molecule has 2 rings (SSSR count). The average molecular weight is 254 g/mol. The number of aldehydes is 1. The van der Waals surface area contributed by atoms with Crippen LogP contribution in [0.25, 0.3) is 11.1 Å². The number of benzene rings is 2. The van der Waals surface area contributed by atoms with E-state index >= 15 is 0 Å². The molecule has 0 bridgehead atoms. The van der Waals surface area contributed by atoms with Gasteiger partial charge in [0.25, 0.3) is 0 Å². The molecule has 98 valence electrons. The van der Waals surface area contributed by atoms with Crippen LogP contribution in [-0.4, -0.2) is 13.4 Å². The lowest BCUT2D eigenvalue weighted by Crippen LogP contribution is -1.94. The molecule has 0 N–H and O–H groups in total. The quantitative estimate of drug-likeness (QED) is 0.771. The molecule has 2 heteroatoms. The molecule has 0 heterocycles. The largest absolute Gasteiger partial charge is 0.497 e. The van der Waals surface area contributed by atoms with Crippen LogP contribution >= 0.6 is 0 Å². The van der Waals surface area contributed by atoms with Crippen LogP contribution in [0.15, 0.2) is 30.3 Å². The van der Waals surface area contributed by atoms with Gasteiger partial charge in [0.1, 0.15) is 5.75 Å². The Morgan fingerprint density at radius 1 is 0.895 bits per heavy atom. The Hall–Kier alpha value is -2.09. The van der Waals surface area contributed by atoms with E-state index in [1.165, 1.54) is 16.7 Å². The number of hydrogen-bond acceptors (Lipinski definition) is 2. The van der Waals surface area contributed by atoms with Crippen molar-refractivity contribution in [3.63, 3.8) is 0 Å². The second-order valence-corrected chi connectivity index (χ2v) is 4.82. The Labute approximate surface area is 114 Å². The molecule has 0 aliphatic carbocycles. The fraction of sp³-hybridized carbons (Fsp3) is 0.235. The van der Waals surface area contributed by atoms with Gasteiger partial charge in [-0.2, -0.15) is 0 Å². The van der Waals surface area contributed by atoms with Gasteiger partial charge in [-0.25, -0.2) is 0 Å². The summed E-state index contributed by atoms with van der Waals surface area (Å²) in [5.74, 6) is 0.701. The van der Waals surface area contributed by atoms with E-state index in [4.69, 9.17) is 4.74 Å². The zero-order chi connectivity index (χ0) is 14.0. The molecule has 0 unspecified atom stereocenters. The van der Waals surface area contributed by atoms with E-state index in [-0.39, 0.29) is 0 Å². The Morgan fingerprint density at radius 3 is 2.21 bits per heavy atom. The van der Waals surface area contributed by atoms with Gasteiger partial charge in [0.05, 0.1) is 7.11 Å². The molecule has 19 heavy (non-hydrogen) atoms. The van der Waals surface area contributed by atoms with E-state index in [0.29, 0.717) is 11.3 Å². The topological polar surface area (TPSA) is 26.3 Å². The summed E-state index contributed by atoms with van der Waals surface area (Å²) in [6, 6.07) is 9.90. The maximum atomic E-state index is 11.3. The molecule has 0 spiro atoms. The third kappa shape index (κ3) is 2.53. The Bertz CT molecular complexity index is 627. The van der Waals surface area contributed by atoms with Gasteiger partial charge in [0.2, 0.25) is 0 Å². The lowest BCUT2D eigenvalue weighted by Gasteiger charge is -2.13. The summed E-state index contributed by atoms with van der Waals surface area (Å²) in [5.41, 5.74) is 6.39. The lowest BCUT2D eigenvalue weighted by molar-refractivity contribution is 0.112. The number of ether oxygens (including phenoxy) is 1. The summed E-state index contributed by atoms with van der Waals surface area (Å²) in [7, 11) is 1.60. The minimum absolute atomic E-state index is 0.658. The monoisotopic (exact) mass is 254 g/mol. The van der Waals surface area contributed by atoms with Crippen molar-refractivity contribution in [1.82, 2.24) is 0 Å². The average Bonchev–Trinajstić information content (AvgIpc) is 2.42. The van der Waals surface area contributed by atoms with Crippen molar-refractivity contribution in [3.05, 3.63) is 52.6 Å². The normalized spacial score (nSPS) is 10.3. The first kappa shape index (κ1) is 13.3. The first-order valence-corrected chi connectivity index (χ1v) is 6.28. The van der Waals surface area contributed by atoms with Gasteiger partial charge in [0.15, 0.2) is 6.29 Å². The fourth-order valence-electron chi connectivity index (χ4n) is 2.26. The van der Waals surface area contributed by atoms with E-state index in [0.717, 1.165) is 17.4 Å². The van der Waals surface area contributed by atoms with Crippen molar-refractivity contribution in [2.75, 3.05) is 7.11 Å². The Kier molecular flexibility index (Phi) is 3.70. The zero-order valence-corrected chi connectivity index (χ0v) is 11.8. The first-order chi connectivity index (χ1) is 9.06. The Morgan fingerprint density at radius 2 is 1.58 bits per heavy atom. The standard InChI is InChI=1S/C17H18O2/c1-11-7-13(3)17(8-12(11)2)16-6-5-15(19-4)9-14(16)10-18/h5-10H,1-4H3. The highest BCUT2D eigenvalue weighted by Crippen LogP contribution is 2.30. The summed E-state index contributed by atoms with van der Waals surface area (Å²) < 4.78 is 5.16. The van der Waals surface area contributed by atoms with Gasteiger partial charge in [0, 0.05) is 5.56 Å². The molecule has 0 aliphatic heterocycles. The number of aryl methyl sites for hydroxylation is 3. The van der Waals surface area contributed by atoms with Gasteiger partial charge in [-0.1, -0.05) is 12.1 Å². The minimum atomic E-state index is 0.658. The molecule has 2 aromatic rings. The number of carbonyl (C=O) groups excluding carboxylic acids is 1. The predicted molar refractivity (Wildman–Crippen MR) is 78.0 cm³/mol. The molecule has 0 saturated carbocycles. The van der Waals surface area contributed by atoms with Crippen LogP contribution < -0.4 is 4.74 Å². The van der Waals surface area contributed by atoms with Crippen LogP contribution in [0.3, 0.4) is 0 Å². The number of carbonyl (C=O) groups is 1.